The molecule has 0 aliphatic heterocycles. The Kier molecular flexibility index (Phi) is 5.61. The van der Waals surface area contributed by atoms with E-state index in [1.54, 1.807) is 0 Å². The van der Waals surface area contributed by atoms with Gasteiger partial charge in [0.2, 0.25) is 0 Å². The van der Waals surface area contributed by atoms with Gasteiger partial charge in [-0.25, -0.2) is 15.0 Å². The van der Waals surface area contributed by atoms with Gasteiger partial charge in [-0.15, -0.1) is 0 Å². The normalized spacial score (nSPS) is 12.8. The van der Waals surface area contributed by atoms with Crippen LogP contribution in [0.15, 0.2) is 176 Å². The van der Waals surface area contributed by atoms with Crippen molar-refractivity contribution >= 4 is 32.3 Å². The lowest BCUT2D eigenvalue weighted by Gasteiger charge is -2.13. The summed E-state index contributed by atoms with van der Waals surface area (Å²) in [5.41, 5.74) is 5.17. The predicted molar refractivity (Wildman–Crippen MR) is 200 cm³/mol. The van der Waals surface area contributed by atoms with Crippen LogP contribution in [-0.4, -0.2) is 15.0 Å². The first-order chi connectivity index (χ1) is 25.9. The summed E-state index contributed by atoms with van der Waals surface area (Å²) >= 11 is 0. The average Bonchev–Trinajstić information content (AvgIpc) is 3.22. The quantitative estimate of drug-likeness (QED) is 0.181. The molecule has 3 heteroatoms. The van der Waals surface area contributed by atoms with Gasteiger partial charge in [-0.05, 0) is 66.7 Å². The molecule has 0 unspecified atom stereocenters. The van der Waals surface area contributed by atoms with Gasteiger partial charge in [-0.3, -0.25) is 0 Å². The van der Waals surface area contributed by atoms with Crippen LogP contribution in [0.5, 0.6) is 0 Å². The second-order valence-electron chi connectivity index (χ2n) is 11.7. The Morgan fingerprint density at radius 1 is 0.312 bits per heavy atom. The smallest absolute Gasteiger partial charge is 0.164 e. The number of nitrogens with zero attached hydrogens (tertiary/aromatic N) is 3. The standard InChI is InChI=1S/C45H29N3/c1-3-14-30(15-4-1)35-20-7-12-25-41(35)45-47-43(31-16-5-2-6-17-31)46-44(48-45)34-19-13-18-32(28-34)33-26-27-40-38-23-9-8-21-36(38)37-22-10-11-24-39(37)42(40)29-33/h1-29H/i2D,5D,6D,16D,17D. The van der Waals surface area contributed by atoms with Gasteiger partial charge in [0.1, 0.15) is 0 Å². The van der Waals surface area contributed by atoms with E-state index in [2.05, 4.69) is 72.8 Å². The monoisotopic (exact) mass is 616 g/mol. The van der Waals surface area contributed by atoms with Crippen LogP contribution in [-0.2, 0) is 0 Å². The van der Waals surface area contributed by atoms with Gasteiger partial charge >= 0.3 is 0 Å². The van der Waals surface area contributed by atoms with Crippen molar-refractivity contribution in [2.45, 2.75) is 0 Å². The van der Waals surface area contributed by atoms with Gasteiger partial charge in [0.05, 0.1) is 6.85 Å². The number of hydrogen-bond acceptors (Lipinski definition) is 3. The summed E-state index contributed by atoms with van der Waals surface area (Å²) in [5, 5.41) is 7.15. The Hall–Kier alpha value is -6.45. The first kappa shape index (κ1) is 23.0. The Morgan fingerprint density at radius 3 is 1.52 bits per heavy atom. The van der Waals surface area contributed by atoms with Crippen molar-refractivity contribution in [3.8, 4) is 56.4 Å². The zero-order chi connectivity index (χ0) is 36.2. The maximum Gasteiger partial charge on any atom is 0.164 e. The summed E-state index contributed by atoms with van der Waals surface area (Å²) in [6, 6.07) is 47.1. The SMILES string of the molecule is [2H]c1c([2H])c([2H])c(-c2nc(-c3cccc(-c4ccc5c6ccccc6c6ccccc6c5c4)c3)nc(-c3ccccc3-c3ccccc3)n2)c([2H])c1[2H]. The van der Waals surface area contributed by atoms with E-state index >= 15 is 0 Å². The number of fused-ring (bicyclic) bond motifs is 6. The Morgan fingerprint density at radius 2 is 0.812 bits per heavy atom. The summed E-state index contributed by atoms with van der Waals surface area (Å²) < 4.78 is 42.4. The summed E-state index contributed by atoms with van der Waals surface area (Å²) in [5.74, 6) is 0.642. The van der Waals surface area contributed by atoms with Crippen LogP contribution in [0.4, 0.5) is 0 Å². The molecule has 0 bridgehead atoms. The molecule has 1 heterocycles. The molecule has 0 spiro atoms. The predicted octanol–water partition coefficient (Wildman–Crippen LogP) is 11.7. The number of aromatic nitrogens is 3. The van der Waals surface area contributed by atoms with E-state index in [-0.39, 0.29) is 23.5 Å². The second kappa shape index (κ2) is 11.7. The molecule has 0 aliphatic carbocycles. The minimum Gasteiger partial charge on any atom is -0.208 e. The van der Waals surface area contributed by atoms with Crippen molar-refractivity contribution in [3.05, 3.63) is 176 Å². The highest BCUT2D eigenvalue weighted by atomic mass is 15.0. The highest BCUT2D eigenvalue weighted by Crippen LogP contribution is 2.38. The molecule has 48 heavy (non-hydrogen) atoms. The van der Waals surface area contributed by atoms with Crippen molar-refractivity contribution in [1.29, 1.82) is 0 Å². The fraction of sp³-hybridized carbons (Fsp3) is 0. The third-order valence-corrected chi connectivity index (χ3v) is 8.81. The van der Waals surface area contributed by atoms with Crippen LogP contribution in [0.3, 0.4) is 0 Å². The van der Waals surface area contributed by atoms with Crippen molar-refractivity contribution in [2.75, 3.05) is 0 Å². The molecule has 8 aromatic carbocycles. The topological polar surface area (TPSA) is 38.7 Å². The highest BCUT2D eigenvalue weighted by molar-refractivity contribution is 6.25. The number of benzene rings is 8. The fourth-order valence-electron chi connectivity index (χ4n) is 6.57. The maximum atomic E-state index is 8.75. The lowest BCUT2D eigenvalue weighted by atomic mass is 9.92. The third kappa shape index (κ3) is 4.90. The molecule has 0 aliphatic rings. The molecule has 0 saturated carbocycles. The molecule has 0 N–H and O–H groups in total. The average molecular weight is 617 g/mol. The Labute approximate surface area is 285 Å². The van der Waals surface area contributed by atoms with E-state index in [0.29, 0.717) is 17.2 Å². The number of hydrogen-bond donors (Lipinski definition) is 0. The molecule has 9 rings (SSSR count). The first-order valence-electron chi connectivity index (χ1n) is 18.3. The molecule has 9 aromatic rings. The van der Waals surface area contributed by atoms with E-state index in [1.807, 2.05) is 72.8 Å². The van der Waals surface area contributed by atoms with E-state index in [4.69, 9.17) is 21.8 Å². The van der Waals surface area contributed by atoms with E-state index in [9.17, 15) is 0 Å². The molecule has 224 valence electrons. The fourth-order valence-corrected chi connectivity index (χ4v) is 6.57. The van der Waals surface area contributed by atoms with Gasteiger partial charge in [0, 0.05) is 16.7 Å². The van der Waals surface area contributed by atoms with Crippen molar-refractivity contribution < 1.29 is 6.85 Å². The summed E-state index contributed by atoms with van der Waals surface area (Å²) in [6.45, 7) is 0. The van der Waals surface area contributed by atoms with Crippen LogP contribution in [0.2, 0.25) is 0 Å². The molecule has 0 saturated heterocycles. The minimum atomic E-state index is -0.475. The molecule has 0 radical (unpaired) electrons. The van der Waals surface area contributed by atoms with Gasteiger partial charge in [0.15, 0.2) is 17.5 Å². The van der Waals surface area contributed by atoms with E-state index in [0.717, 1.165) is 33.2 Å². The van der Waals surface area contributed by atoms with Crippen LogP contribution < -0.4 is 0 Å². The van der Waals surface area contributed by atoms with Gasteiger partial charge in [-0.2, -0.15) is 0 Å². The lowest BCUT2D eigenvalue weighted by molar-refractivity contribution is 1.07. The second-order valence-corrected chi connectivity index (χ2v) is 11.7. The van der Waals surface area contributed by atoms with Crippen LogP contribution in [0.1, 0.15) is 6.85 Å². The summed E-state index contributed by atoms with van der Waals surface area (Å²) in [6.07, 6.45) is 0. The Bertz CT molecular complexity index is 2850. The van der Waals surface area contributed by atoms with Gasteiger partial charge < -0.3 is 0 Å². The molecule has 1 aromatic heterocycles. The van der Waals surface area contributed by atoms with Crippen molar-refractivity contribution in [3.63, 3.8) is 0 Å². The van der Waals surface area contributed by atoms with Crippen molar-refractivity contribution in [1.82, 2.24) is 15.0 Å². The van der Waals surface area contributed by atoms with Gasteiger partial charge in [-0.1, -0.05) is 164 Å². The molecule has 0 fully saturated rings. The van der Waals surface area contributed by atoms with E-state index < -0.39 is 18.1 Å². The molecular weight excluding hydrogens is 583 g/mol. The zero-order valence-corrected chi connectivity index (χ0v) is 25.7. The number of rotatable bonds is 5. The molecule has 3 nitrogen and oxygen atoms in total. The maximum absolute atomic E-state index is 8.75. The largest absolute Gasteiger partial charge is 0.208 e. The minimum absolute atomic E-state index is 0.000629. The zero-order valence-electron chi connectivity index (χ0n) is 30.7. The molecular formula is C45H29N3. The van der Waals surface area contributed by atoms with Crippen LogP contribution in [0.25, 0.3) is 88.7 Å². The van der Waals surface area contributed by atoms with Crippen molar-refractivity contribution in [2.24, 2.45) is 0 Å². The Balaban J connectivity index is 1.25. The summed E-state index contributed by atoms with van der Waals surface area (Å²) in [4.78, 5) is 14.6. The summed E-state index contributed by atoms with van der Waals surface area (Å²) in [7, 11) is 0. The lowest BCUT2D eigenvalue weighted by Crippen LogP contribution is -2.01. The molecule has 0 amide bonds. The molecule has 0 atom stereocenters. The van der Waals surface area contributed by atoms with Gasteiger partial charge in [0.25, 0.3) is 0 Å². The highest BCUT2D eigenvalue weighted by Gasteiger charge is 2.16. The van der Waals surface area contributed by atoms with Crippen LogP contribution >= 0.6 is 0 Å². The third-order valence-electron chi connectivity index (χ3n) is 8.81. The van der Waals surface area contributed by atoms with E-state index in [1.165, 1.54) is 26.9 Å². The van der Waals surface area contributed by atoms with Crippen LogP contribution in [0, 0.1) is 0 Å². The first-order valence-corrected chi connectivity index (χ1v) is 15.8.